The third-order valence-electron chi connectivity index (χ3n) is 3.66. The van der Waals surface area contributed by atoms with Crippen molar-refractivity contribution in [1.29, 1.82) is 0 Å². The minimum atomic E-state index is 0.376. The fourth-order valence-electron chi connectivity index (χ4n) is 2.34. The van der Waals surface area contributed by atoms with Crippen LogP contribution in [0, 0.1) is 12.3 Å². The summed E-state index contributed by atoms with van der Waals surface area (Å²) >= 11 is 0. The van der Waals surface area contributed by atoms with Crippen LogP contribution in [0.25, 0.3) is 0 Å². The van der Waals surface area contributed by atoms with Crippen LogP contribution in [-0.2, 0) is 0 Å². The van der Waals surface area contributed by atoms with E-state index in [2.05, 4.69) is 58.1 Å². The molecule has 114 valence electrons. The van der Waals surface area contributed by atoms with Gasteiger partial charge in [-0.3, -0.25) is 0 Å². The van der Waals surface area contributed by atoms with Gasteiger partial charge in [0, 0.05) is 6.04 Å². The molecule has 0 bridgehead atoms. The first-order valence-electron chi connectivity index (χ1n) is 7.75. The molecule has 2 heteroatoms. The van der Waals surface area contributed by atoms with Crippen molar-refractivity contribution in [2.45, 2.75) is 59.9 Å². The molecule has 0 amide bonds. The Labute approximate surface area is 124 Å². The van der Waals surface area contributed by atoms with Crippen LogP contribution < -0.4 is 10.1 Å². The third-order valence-corrected chi connectivity index (χ3v) is 3.66. The summed E-state index contributed by atoms with van der Waals surface area (Å²) in [6.45, 7) is 12.3. The molecule has 0 fully saturated rings. The van der Waals surface area contributed by atoms with Gasteiger partial charge in [0.05, 0.1) is 7.11 Å². The van der Waals surface area contributed by atoms with Gasteiger partial charge >= 0.3 is 0 Å². The molecule has 20 heavy (non-hydrogen) atoms. The number of methoxy groups -OCH3 is 1. The Morgan fingerprint density at radius 2 is 1.95 bits per heavy atom. The predicted octanol–water partition coefficient (Wildman–Crippen LogP) is 4.87. The maximum absolute atomic E-state index is 5.46. The van der Waals surface area contributed by atoms with Crippen LogP contribution in [-0.4, -0.2) is 13.7 Å². The fraction of sp³-hybridized carbons (Fsp3) is 0.667. The molecule has 1 aromatic carbocycles. The van der Waals surface area contributed by atoms with Gasteiger partial charge in [0.2, 0.25) is 0 Å². The van der Waals surface area contributed by atoms with Crippen molar-refractivity contribution in [2.75, 3.05) is 13.7 Å². The summed E-state index contributed by atoms with van der Waals surface area (Å²) in [5.41, 5.74) is 2.91. The van der Waals surface area contributed by atoms with Crippen molar-refractivity contribution in [1.82, 2.24) is 5.32 Å². The number of ether oxygens (including phenoxy) is 1. The largest absolute Gasteiger partial charge is 0.496 e. The van der Waals surface area contributed by atoms with E-state index >= 15 is 0 Å². The summed E-state index contributed by atoms with van der Waals surface area (Å²) in [6.07, 6.45) is 3.54. The van der Waals surface area contributed by atoms with Crippen LogP contribution in [0.2, 0.25) is 0 Å². The maximum atomic E-state index is 5.46. The van der Waals surface area contributed by atoms with E-state index < -0.39 is 0 Å². The normalized spacial score (nSPS) is 13.3. The van der Waals surface area contributed by atoms with Crippen LogP contribution in [0.1, 0.15) is 64.1 Å². The molecule has 0 aliphatic rings. The Balaban J connectivity index is 2.86. The molecule has 0 spiro atoms. The van der Waals surface area contributed by atoms with E-state index in [9.17, 15) is 0 Å². The number of nitrogens with one attached hydrogen (secondary N) is 1. The van der Waals surface area contributed by atoms with E-state index in [1.54, 1.807) is 7.11 Å². The first kappa shape index (κ1) is 17.0. The molecule has 1 rings (SSSR count). The van der Waals surface area contributed by atoms with Crippen LogP contribution in [0.3, 0.4) is 0 Å². The first-order valence-corrected chi connectivity index (χ1v) is 7.75. The van der Waals surface area contributed by atoms with E-state index in [0.717, 1.165) is 25.1 Å². The standard InChI is InChI=1S/C18H31NO/c1-7-12-19-16(10-11-18(3,4)5)15-9-8-14(2)17(13-15)20-6/h8-9,13,16,19H,7,10-12H2,1-6H3. The van der Waals surface area contributed by atoms with E-state index in [0.29, 0.717) is 11.5 Å². The van der Waals surface area contributed by atoms with Crippen molar-refractivity contribution in [3.05, 3.63) is 29.3 Å². The van der Waals surface area contributed by atoms with Crippen molar-refractivity contribution in [2.24, 2.45) is 5.41 Å². The van der Waals surface area contributed by atoms with E-state index in [4.69, 9.17) is 4.74 Å². The SMILES string of the molecule is CCCNC(CCC(C)(C)C)c1ccc(C)c(OC)c1. The summed E-state index contributed by atoms with van der Waals surface area (Å²) in [6, 6.07) is 6.99. The van der Waals surface area contributed by atoms with Crippen molar-refractivity contribution >= 4 is 0 Å². The molecular formula is C18H31NO. The van der Waals surface area contributed by atoms with Gasteiger partial charge in [-0.25, -0.2) is 0 Å². The molecule has 2 nitrogen and oxygen atoms in total. The minimum absolute atomic E-state index is 0.376. The lowest BCUT2D eigenvalue weighted by Crippen LogP contribution is -2.23. The lowest BCUT2D eigenvalue weighted by Gasteiger charge is -2.25. The van der Waals surface area contributed by atoms with E-state index in [1.807, 2.05) is 0 Å². The third kappa shape index (κ3) is 5.54. The van der Waals surface area contributed by atoms with Gasteiger partial charge in [-0.05, 0) is 55.3 Å². The maximum Gasteiger partial charge on any atom is 0.122 e. The van der Waals surface area contributed by atoms with E-state index in [1.165, 1.54) is 17.5 Å². The monoisotopic (exact) mass is 277 g/mol. The number of benzene rings is 1. The van der Waals surface area contributed by atoms with Crippen molar-refractivity contribution < 1.29 is 4.74 Å². The Bertz CT molecular complexity index is 406. The molecule has 0 radical (unpaired) electrons. The molecule has 1 atom stereocenters. The van der Waals surface area contributed by atoms with Gasteiger partial charge in [0.15, 0.2) is 0 Å². The lowest BCUT2D eigenvalue weighted by molar-refractivity contribution is 0.331. The Morgan fingerprint density at radius 1 is 1.25 bits per heavy atom. The number of aryl methyl sites for hydroxylation is 1. The molecule has 0 aliphatic carbocycles. The summed E-state index contributed by atoms with van der Waals surface area (Å²) < 4.78 is 5.46. The molecule has 0 saturated carbocycles. The zero-order valence-electron chi connectivity index (χ0n) is 14.0. The zero-order valence-corrected chi connectivity index (χ0v) is 14.0. The highest BCUT2D eigenvalue weighted by Gasteiger charge is 2.17. The van der Waals surface area contributed by atoms with Crippen molar-refractivity contribution in [3.63, 3.8) is 0 Å². The molecule has 1 N–H and O–H groups in total. The van der Waals surface area contributed by atoms with Gasteiger partial charge in [-0.2, -0.15) is 0 Å². The summed E-state index contributed by atoms with van der Waals surface area (Å²) in [4.78, 5) is 0. The average Bonchev–Trinajstić information content (AvgIpc) is 2.39. The highest BCUT2D eigenvalue weighted by atomic mass is 16.5. The quantitative estimate of drug-likeness (QED) is 0.767. The highest BCUT2D eigenvalue weighted by molar-refractivity contribution is 5.37. The molecule has 1 unspecified atom stereocenters. The summed E-state index contributed by atoms with van der Waals surface area (Å²) in [5.74, 6) is 0.988. The highest BCUT2D eigenvalue weighted by Crippen LogP contribution is 2.30. The van der Waals surface area contributed by atoms with Gasteiger partial charge < -0.3 is 10.1 Å². The second kappa shape index (κ2) is 7.68. The Morgan fingerprint density at radius 3 is 2.50 bits per heavy atom. The Kier molecular flexibility index (Phi) is 6.54. The summed E-state index contributed by atoms with van der Waals surface area (Å²) in [5, 5.41) is 3.67. The number of rotatable bonds is 7. The second-order valence-corrected chi connectivity index (χ2v) is 6.84. The number of hydrogen-bond acceptors (Lipinski definition) is 2. The van der Waals surface area contributed by atoms with E-state index in [-0.39, 0.29) is 0 Å². The first-order chi connectivity index (χ1) is 9.37. The molecule has 1 aromatic rings. The molecular weight excluding hydrogens is 246 g/mol. The summed E-state index contributed by atoms with van der Waals surface area (Å²) in [7, 11) is 1.75. The van der Waals surface area contributed by atoms with Crippen molar-refractivity contribution in [3.8, 4) is 5.75 Å². The van der Waals surface area contributed by atoms with Gasteiger partial charge in [-0.1, -0.05) is 39.8 Å². The topological polar surface area (TPSA) is 21.3 Å². The van der Waals surface area contributed by atoms with Crippen LogP contribution >= 0.6 is 0 Å². The van der Waals surface area contributed by atoms with Gasteiger partial charge in [-0.15, -0.1) is 0 Å². The van der Waals surface area contributed by atoms with Gasteiger partial charge in [0.1, 0.15) is 5.75 Å². The molecule has 0 saturated heterocycles. The second-order valence-electron chi connectivity index (χ2n) is 6.84. The Hall–Kier alpha value is -1.02. The minimum Gasteiger partial charge on any atom is -0.496 e. The zero-order chi connectivity index (χ0) is 15.2. The number of hydrogen-bond donors (Lipinski definition) is 1. The predicted molar refractivity (Wildman–Crippen MR) is 87.5 cm³/mol. The average molecular weight is 277 g/mol. The molecule has 0 aliphatic heterocycles. The van der Waals surface area contributed by atoms with Crippen LogP contribution in [0.15, 0.2) is 18.2 Å². The van der Waals surface area contributed by atoms with Crippen LogP contribution in [0.5, 0.6) is 5.75 Å². The fourth-order valence-corrected chi connectivity index (χ4v) is 2.34. The smallest absolute Gasteiger partial charge is 0.122 e. The van der Waals surface area contributed by atoms with Crippen LogP contribution in [0.4, 0.5) is 0 Å². The molecule has 0 aromatic heterocycles. The van der Waals surface area contributed by atoms with Gasteiger partial charge in [0.25, 0.3) is 0 Å². The molecule has 0 heterocycles. The lowest BCUT2D eigenvalue weighted by atomic mass is 9.87.